The fourth-order valence-corrected chi connectivity index (χ4v) is 2.60. The Morgan fingerprint density at radius 1 is 1.44 bits per heavy atom. The number of hydrogen-bond acceptors (Lipinski definition) is 3. The summed E-state index contributed by atoms with van der Waals surface area (Å²) in [5.41, 5.74) is 7.31. The number of phenols is 1. The summed E-state index contributed by atoms with van der Waals surface area (Å²) in [6.07, 6.45) is 1.84. The second kappa shape index (κ2) is 4.52. The van der Waals surface area contributed by atoms with Crippen molar-refractivity contribution in [1.82, 2.24) is 4.90 Å². The standard InChI is InChI=1S/C14H21FN2O/c1-9(16)14(4-5-14)11-6-10(8-17(2)3)7-12(15)13(11)18/h6-7,9,18H,4-5,8,16H2,1-3H3. The van der Waals surface area contributed by atoms with Crippen molar-refractivity contribution >= 4 is 0 Å². The van der Waals surface area contributed by atoms with Crippen LogP contribution in [0.1, 0.15) is 30.9 Å². The zero-order chi connectivity index (χ0) is 13.5. The number of halogens is 1. The van der Waals surface area contributed by atoms with E-state index >= 15 is 0 Å². The van der Waals surface area contributed by atoms with Gasteiger partial charge in [-0.3, -0.25) is 0 Å². The van der Waals surface area contributed by atoms with Crippen LogP contribution in [0.15, 0.2) is 12.1 Å². The Balaban J connectivity index is 2.43. The molecule has 2 rings (SSSR count). The smallest absolute Gasteiger partial charge is 0.165 e. The highest BCUT2D eigenvalue weighted by Gasteiger charge is 2.49. The number of rotatable bonds is 4. The van der Waals surface area contributed by atoms with Gasteiger partial charge in [-0.25, -0.2) is 4.39 Å². The molecular weight excluding hydrogens is 231 g/mol. The molecule has 1 saturated carbocycles. The van der Waals surface area contributed by atoms with E-state index in [1.54, 1.807) is 0 Å². The molecule has 1 unspecified atom stereocenters. The predicted molar refractivity (Wildman–Crippen MR) is 70.0 cm³/mol. The van der Waals surface area contributed by atoms with Gasteiger partial charge in [0.1, 0.15) is 0 Å². The minimum atomic E-state index is -0.545. The number of aromatic hydroxyl groups is 1. The Labute approximate surface area is 107 Å². The van der Waals surface area contributed by atoms with Crippen molar-refractivity contribution in [3.8, 4) is 5.75 Å². The summed E-state index contributed by atoms with van der Waals surface area (Å²) >= 11 is 0. The maximum atomic E-state index is 13.8. The molecule has 1 atom stereocenters. The van der Waals surface area contributed by atoms with Gasteiger partial charge in [-0.1, -0.05) is 0 Å². The second-order valence-corrected chi connectivity index (χ2v) is 5.66. The Bertz CT molecular complexity index is 453. The normalized spacial score (nSPS) is 19.0. The summed E-state index contributed by atoms with van der Waals surface area (Å²) in [6.45, 7) is 2.57. The third-order valence-electron chi connectivity index (χ3n) is 3.82. The molecule has 1 aromatic carbocycles. The first-order chi connectivity index (χ1) is 8.36. The summed E-state index contributed by atoms with van der Waals surface area (Å²) in [7, 11) is 3.87. The first kappa shape index (κ1) is 13.3. The van der Waals surface area contributed by atoms with E-state index in [9.17, 15) is 9.50 Å². The maximum absolute atomic E-state index is 13.8. The van der Waals surface area contributed by atoms with Crippen molar-refractivity contribution in [1.29, 1.82) is 0 Å². The Morgan fingerprint density at radius 2 is 2.06 bits per heavy atom. The first-order valence-corrected chi connectivity index (χ1v) is 6.29. The molecule has 0 heterocycles. The fraction of sp³-hybridized carbons (Fsp3) is 0.571. The molecule has 3 nitrogen and oxygen atoms in total. The number of nitrogens with zero attached hydrogens (tertiary/aromatic N) is 1. The molecule has 0 aliphatic heterocycles. The summed E-state index contributed by atoms with van der Waals surface area (Å²) < 4.78 is 13.8. The quantitative estimate of drug-likeness (QED) is 0.861. The van der Waals surface area contributed by atoms with Gasteiger partial charge in [0.05, 0.1) is 0 Å². The van der Waals surface area contributed by atoms with E-state index in [1.165, 1.54) is 6.07 Å². The average molecular weight is 252 g/mol. The molecule has 4 heteroatoms. The van der Waals surface area contributed by atoms with E-state index in [4.69, 9.17) is 5.73 Å². The summed E-state index contributed by atoms with van der Waals surface area (Å²) in [4.78, 5) is 1.97. The molecule has 0 spiro atoms. The van der Waals surface area contributed by atoms with Crippen LogP contribution in [-0.2, 0) is 12.0 Å². The van der Waals surface area contributed by atoms with Crippen molar-refractivity contribution < 1.29 is 9.50 Å². The van der Waals surface area contributed by atoms with E-state index in [0.717, 1.165) is 18.4 Å². The summed E-state index contributed by atoms with van der Waals surface area (Å²) in [5, 5.41) is 9.94. The Morgan fingerprint density at radius 3 is 2.50 bits per heavy atom. The van der Waals surface area contributed by atoms with Crippen LogP contribution in [0, 0.1) is 5.82 Å². The maximum Gasteiger partial charge on any atom is 0.165 e. The lowest BCUT2D eigenvalue weighted by Crippen LogP contribution is -2.32. The lowest BCUT2D eigenvalue weighted by Gasteiger charge is -2.23. The van der Waals surface area contributed by atoms with Gasteiger partial charge in [0.2, 0.25) is 0 Å². The molecular formula is C14H21FN2O. The number of benzene rings is 1. The Kier molecular flexibility index (Phi) is 3.34. The van der Waals surface area contributed by atoms with E-state index in [0.29, 0.717) is 12.1 Å². The van der Waals surface area contributed by atoms with Crippen LogP contribution in [0.3, 0.4) is 0 Å². The monoisotopic (exact) mass is 252 g/mol. The molecule has 0 aromatic heterocycles. The van der Waals surface area contributed by atoms with Crippen molar-refractivity contribution in [2.45, 2.75) is 37.8 Å². The SMILES string of the molecule is CC(N)C1(c2cc(CN(C)C)cc(F)c2O)CC1. The molecule has 0 bridgehead atoms. The molecule has 0 amide bonds. The van der Waals surface area contributed by atoms with Gasteiger partial charge in [0.15, 0.2) is 11.6 Å². The van der Waals surface area contributed by atoms with Crippen LogP contribution in [-0.4, -0.2) is 30.1 Å². The zero-order valence-corrected chi connectivity index (χ0v) is 11.2. The van der Waals surface area contributed by atoms with E-state index < -0.39 is 5.82 Å². The minimum absolute atomic E-state index is 0.0718. The second-order valence-electron chi connectivity index (χ2n) is 5.66. The minimum Gasteiger partial charge on any atom is -0.505 e. The molecule has 1 aromatic rings. The van der Waals surface area contributed by atoms with Crippen LogP contribution >= 0.6 is 0 Å². The molecule has 18 heavy (non-hydrogen) atoms. The third-order valence-corrected chi connectivity index (χ3v) is 3.82. The summed E-state index contributed by atoms with van der Waals surface area (Å²) in [5.74, 6) is -0.774. The average Bonchev–Trinajstić information content (AvgIpc) is 3.03. The van der Waals surface area contributed by atoms with Crippen LogP contribution in [0.2, 0.25) is 0 Å². The van der Waals surface area contributed by atoms with Gasteiger partial charge in [-0.05, 0) is 51.6 Å². The van der Waals surface area contributed by atoms with Gasteiger partial charge in [0.25, 0.3) is 0 Å². The van der Waals surface area contributed by atoms with Gasteiger partial charge in [0, 0.05) is 23.6 Å². The van der Waals surface area contributed by atoms with E-state index in [-0.39, 0.29) is 17.2 Å². The molecule has 0 saturated heterocycles. The van der Waals surface area contributed by atoms with Crippen molar-refractivity contribution in [2.24, 2.45) is 5.73 Å². The molecule has 0 radical (unpaired) electrons. The molecule has 1 fully saturated rings. The molecule has 100 valence electrons. The van der Waals surface area contributed by atoms with Crippen molar-refractivity contribution in [2.75, 3.05) is 14.1 Å². The van der Waals surface area contributed by atoms with Crippen LogP contribution in [0.4, 0.5) is 4.39 Å². The van der Waals surface area contributed by atoms with Gasteiger partial charge >= 0.3 is 0 Å². The van der Waals surface area contributed by atoms with Crippen LogP contribution in [0.5, 0.6) is 5.75 Å². The predicted octanol–water partition coefficient (Wildman–Crippen LogP) is 1.97. The lowest BCUT2D eigenvalue weighted by molar-refractivity contribution is 0.391. The van der Waals surface area contributed by atoms with E-state index in [1.807, 2.05) is 32.0 Å². The van der Waals surface area contributed by atoms with Gasteiger partial charge in [-0.2, -0.15) is 0 Å². The molecule has 1 aliphatic carbocycles. The van der Waals surface area contributed by atoms with Crippen molar-refractivity contribution in [3.63, 3.8) is 0 Å². The lowest BCUT2D eigenvalue weighted by atomic mass is 9.87. The molecule has 3 N–H and O–H groups in total. The summed E-state index contributed by atoms with van der Waals surface area (Å²) in [6, 6.07) is 3.22. The number of phenolic OH excluding ortho intramolecular Hbond substituents is 1. The largest absolute Gasteiger partial charge is 0.505 e. The Hall–Kier alpha value is -1.13. The molecule has 1 aliphatic rings. The van der Waals surface area contributed by atoms with Gasteiger partial charge < -0.3 is 15.7 Å². The topological polar surface area (TPSA) is 49.5 Å². The van der Waals surface area contributed by atoms with E-state index in [2.05, 4.69) is 0 Å². The first-order valence-electron chi connectivity index (χ1n) is 6.29. The van der Waals surface area contributed by atoms with Crippen molar-refractivity contribution in [3.05, 3.63) is 29.1 Å². The number of nitrogens with two attached hydrogens (primary N) is 1. The highest BCUT2D eigenvalue weighted by atomic mass is 19.1. The highest BCUT2D eigenvalue weighted by Crippen LogP contribution is 2.53. The highest BCUT2D eigenvalue weighted by molar-refractivity contribution is 5.47. The third kappa shape index (κ3) is 2.22. The van der Waals surface area contributed by atoms with Crippen LogP contribution < -0.4 is 5.73 Å². The fourth-order valence-electron chi connectivity index (χ4n) is 2.60. The number of hydrogen-bond donors (Lipinski definition) is 2. The van der Waals surface area contributed by atoms with Gasteiger partial charge in [-0.15, -0.1) is 0 Å². The zero-order valence-electron chi connectivity index (χ0n) is 11.2. The van der Waals surface area contributed by atoms with Crippen LogP contribution in [0.25, 0.3) is 0 Å².